The molecular weight excluding hydrogens is 364 g/mol. The number of piperazine rings is 1. The predicted octanol–water partition coefficient (Wildman–Crippen LogP) is 1.01. The summed E-state index contributed by atoms with van der Waals surface area (Å²) < 4.78 is 25.0. The standard InChI is InChI=1S/C20H26N2O4S/c1-14(2)5-4-6-15-7-9-16(10-8-15)20-17-11-21(27(3,25)26)12-19(24)22(17)18(20)13-23/h7-10,14,17-18,20,23H,5,11-13H2,1-3H3/t17-,18-,20-/m1/s1. The number of amides is 1. The zero-order chi connectivity index (χ0) is 19.8. The van der Waals surface area contributed by atoms with Crippen LogP contribution in [0.4, 0.5) is 0 Å². The molecule has 27 heavy (non-hydrogen) atoms. The zero-order valence-electron chi connectivity index (χ0n) is 15.9. The summed E-state index contributed by atoms with van der Waals surface area (Å²) in [6, 6.07) is 7.28. The lowest BCUT2D eigenvalue weighted by molar-refractivity contribution is -0.158. The van der Waals surface area contributed by atoms with Crippen molar-refractivity contribution in [1.29, 1.82) is 0 Å². The van der Waals surface area contributed by atoms with E-state index in [1.54, 1.807) is 4.90 Å². The number of sulfonamides is 1. The van der Waals surface area contributed by atoms with E-state index in [1.165, 1.54) is 4.31 Å². The number of nitrogens with zero attached hydrogens (tertiary/aromatic N) is 2. The number of aliphatic hydroxyl groups is 1. The van der Waals surface area contributed by atoms with Crippen molar-refractivity contribution in [2.75, 3.05) is 26.0 Å². The second-order valence-electron chi connectivity index (χ2n) is 7.72. The highest BCUT2D eigenvalue weighted by atomic mass is 32.2. The summed E-state index contributed by atoms with van der Waals surface area (Å²) >= 11 is 0. The number of carbonyl (C=O) groups excluding carboxylic acids is 1. The lowest BCUT2D eigenvalue weighted by Gasteiger charge is -2.58. The lowest BCUT2D eigenvalue weighted by atomic mass is 9.74. The lowest BCUT2D eigenvalue weighted by Crippen LogP contribution is -2.73. The fraction of sp³-hybridized carbons (Fsp3) is 0.550. The minimum atomic E-state index is -3.43. The van der Waals surface area contributed by atoms with Gasteiger partial charge in [-0.1, -0.05) is 37.8 Å². The first kappa shape index (κ1) is 19.9. The van der Waals surface area contributed by atoms with Crippen LogP contribution in [0.5, 0.6) is 0 Å². The highest BCUT2D eigenvalue weighted by Crippen LogP contribution is 2.43. The van der Waals surface area contributed by atoms with Gasteiger partial charge in [-0.2, -0.15) is 4.31 Å². The molecule has 1 N–H and O–H groups in total. The third-order valence-electron chi connectivity index (χ3n) is 5.23. The third-order valence-corrected chi connectivity index (χ3v) is 6.44. The molecule has 1 aromatic rings. The normalized spacial score (nSPS) is 25.6. The van der Waals surface area contributed by atoms with Crippen LogP contribution in [-0.2, 0) is 14.8 Å². The maximum Gasteiger partial charge on any atom is 0.238 e. The number of hydrogen-bond acceptors (Lipinski definition) is 4. The highest BCUT2D eigenvalue weighted by molar-refractivity contribution is 7.88. The molecule has 0 radical (unpaired) electrons. The first-order valence-electron chi connectivity index (χ1n) is 9.18. The Kier molecular flexibility index (Phi) is 5.61. The number of aliphatic hydroxyl groups excluding tert-OH is 1. The largest absolute Gasteiger partial charge is 0.394 e. The smallest absolute Gasteiger partial charge is 0.238 e. The second kappa shape index (κ2) is 7.63. The topological polar surface area (TPSA) is 77.9 Å². The molecule has 3 rings (SSSR count). The van der Waals surface area contributed by atoms with E-state index in [2.05, 4.69) is 25.7 Å². The summed E-state index contributed by atoms with van der Waals surface area (Å²) in [5.41, 5.74) is 1.92. The van der Waals surface area contributed by atoms with Crippen LogP contribution in [0.15, 0.2) is 24.3 Å². The van der Waals surface area contributed by atoms with Gasteiger partial charge < -0.3 is 10.0 Å². The summed E-state index contributed by atoms with van der Waals surface area (Å²) in [6.07, 6.45) is 1.97. The molecular formula is C20H26N2O4S. The van der Waals surface area contributed by atoms with Gasteiger partial charge in [-0.15, -0.1) is 0 Å². The van der Waals surface area contributed by atoms with E-state index in [4.69, 9.17) is 0 Å². The van der Waals surface area contributed by atoms with Crippen molar-refractivity contribution in [1.82, 2.24) is 9.21 Å². The molecule has 1 aromatic carbocycles. The van der Waals surface area contributed by atoms with Crippen molar-refractivity contribution in [2.45, 2.75) is 38.3 Å². The van der Waals surface area contributed by atoms with Gasteiger partial charge in [0.1, 0.15) is 0 Å². The number of carbonyl (C=O) groups is 1. The van der Waals surface area contributed by atoms with Crippen molar-refractivity contribution in [2.24, 2.45) is 5.92 Å². The maximum absolute atomic E-state index is 12.4. The van der Waals surface area contributed by atoms with Gasteiger partial charge in [0.25, 0.3) is 0 Å². The first-order chi connectivity index (χ1) is 12.7. The Labute approximate surface area is 161 Å². The minimum absolute atomic E-state index is 0.0822. The predicted molar refractivity (Wildman–Crippen MR) is 103 cm³/mol. The molecule has 0 aromatic heterocycles. The SMILES string of the molecule is CC(C)CC#Cc1ccc([C@H]2[C@@H](CO)N3C(=O)CN(S(C)(=O)=O)C[C@H]23)cc1. The van der Waals surface area contributed by atoms with Crippen molar-refractivity contribution < 1.29 is 18.3 Å². The van der Waals surface area contributed by atoms with Crippen LogP contribution in [-0.4, -0.2) is 66.7 Å². The van der Waals surface area contributed by atoms with Crippen LogP contribution < -0.4 is 0 Å². The van der Waals surface area contributed by atoms with Gasteiger partial charge in [-0.3, -0.25) is 4.79 Å². The van der Waals surface area contributed by atoms with Crippen LogP contribution >= 0.6 is 0 Å². The second-order valence-corrected chi connectivity index (χ2v) is 9.70. The minimum Gasteiger partial charge on any atom is -0.394 e. The molecule has 146 valence electrons. The van der Waals surface area contributed by atoms with E-state index in [0.717, 1.165) is 23.8 Å². The van der Waals surface area contributed by atoms with Gasteiger partial charge in [0.15, 0.2) is 0 Å². The quantitative estimate of drug-likeness (QED) is 0.779. The number of hydrogen-bond donors (Lipinski definition) is 1. The molecule has 0 saturated carbocycles. The molecule has 0 unspecified atom stereocenters. The molecule has 1 amide bonds. The molecule has 0 bridgehead atoms. The molecule has 2 heterocycles. The molecule has 2 fully saturated rings. The van der Waals surface area contributed by atoms with Gasteiger partial charge in [0.05, 0.1) is 31.5 Å². The summed E-state index contributed by atoms with van der Waals surface area (Å²) in [5, 5.41) is 9.77. The van der Waals surface area contributed by atoms with E-state index < -0.39 is 10.0 Å². The molecule has 0 spiro atoms. The monoisotopic (exact) mass is 390 g/mol. The van der Waals surface area contributed by atoms with Crippen molar-refractivity contribution >= 4 is 15.9 Å². The molecule has 2 aliphatic rings. The Balaban J connectivity index is 1.80. The fourth-order valence-corrected chi connectivity index (χ4v) is 4.64. The Bertz CT molecular complexity index is 867. The first-order valence-corrected chi connectivity index (χ1v) is 11.0. The van der Waals surface area contributed by atoms with Crippen molar-refractivity contribution in [3.05, 3.63) is 35.4 Å². The summed E-state index contributed by atoms with van der Waals surface area (Å²) in [4.78, 5) is 14.0. The molecule has 6 nitrogen and oxygen atoms in total. The van der Waals surface area contributed by atoms with Gasteiger partial charge in [-0.05, 0) is 23.6 Å². The van der Waals surface area contributed by atoms with E-state index in [-0.39, 0.29) is 43.6 Å². The van der Waals surface area contributed by atoms with Crippen LogP contribution in [0.25, 0.3) is 0 Å². The fourth-order valence-electron chi connectivity index (χ4n) is 3.87. The van der Waals surface area contributed by atoms with Crippen LogP contribution in [0.3, 0.4) is 0 Å². The summed E-state index contributed by atoms with van der Waals surface area (Å²) in [7, 11) is -3.43. The number of fused-ring (bicyclic) bond motifs is 1. The van der Waals surface area contributed by atoms with E-state index in [1.807, 2.05) is 24.3 Å². The third kappa shape index (κ3) is 4.03. The Morgan fingerprint density at radius 2 is 1.93 bits per heavy atom. The molecule has 2 aliphatic heterocycles. The van der Waals surface area contributed by atoms with Crippen LogP contribution in [0.1, 0.15) is 37.3 Å². The molecule has 3 atom stereocenters. The maximum atomic E-state index is 12.4. The molecule has 7 heteroatoms. The van der Waals surface area contributed by atoms with Crippen molar-refractivity contribution in [3.63, 3.8) is 0 Å². The van der Waals surface area contributed by atoms with E-state index in [0.29, 0.717) is 5.92 Å². The molecule has 2 saturated heterocycles. The number of rotatable bonds is 4. The van der Waals surface area contributed by atoms with Crippen LogP contribution in [0, 0.1) is 17.8 Å². The highest BCUT2D eigenvalue weighted by Gasteiger charge is 2.54. The molecule has 0 aliphatic carbocycles. The van der Waals surface area contributed by atoms with Gasteiger partial charge in [0, 0.05) is 24.4 Å². The van der Waals surface area contributed by atoms with E-state index >= 15 is 0 Å². The summed E-state index contributed by atoms with van der Waals surface area (Å²) in [6.45, 7) is 4.23. The van der Waals surface area contributed by atoms with E-state index in [9.17, 15) is 18.3 Å². The Morgan fingerprint density at radius 1 is 1.26 bits per heavy atom. The van der Waals surface area contributed by atoms with Gasteiger partial charge in [0.2, 0.25) is 15.9 Å². The zero-order valence-corrected chi connectivity index (χ0v) is 16.7. The van der Waals surface area contributed by atoms with Gasteiger partial charge >= 0.3 is 0 Å². The van der Waals surface area contributed by atoms with Gasteiger partial charge in [-0.25, -0.2) is 8.42 Å². The van der Waals surface area contributed by atoms with Crippen molar-refractivity contribution in [3.8, 4) is 11.8 Å². The Morgan fingerprint density at radius 3 is 2.48 bits per heavy atom. The average molecular weight is 391 g/mol. The van der Waals surface area contributed by atoms with Crippen LogP contribution in [0.2, 0.25) is 0 Å². The summed E-state index contributed by atoms with van der Waals surface area (Å²) in [5.74, 6) is 6.50. The average Bonchev–Trinajstić information content (AvgIpc) is 2.56. The number of benzene rings is 1. The Hall–Kier alpha value is -1.88.